The minimum atomic E-state index is -2.94. The van der Waals surface area contributed by atoms with Gasteiger partial charge in [0.25, 0.3) is 0 Å². The number of aromatic nitrogens is 3. The van der Waals surface area contributed by atoms with Crippen molar-refractivity contribution >= 4 is 27.5 Å². The predicted molar refractivity (Wildman–Crippen MR) is 171 cm³/mol. The number of pyridine rings is 1. The van der Waals surface area contributed by atoms with Gasteiger partial charge in [-0.3, -0.25) is 9.88 Å². The second-order valence-electron chi connectivity index (χ2n) is 13.6. The molecule has 4 aliphatic rings. The number of aromatic hydroxyl groups is 1. The van der Waals surface area contributed by atoms with Crippen LogP contribution in [0.5, 0.6) is 11.8 Å². The summed E-state index contributed by atoms with van der Waals surface area (Å²) in [4.78, 5) is 17.6. The van der Waals surface area contributed by atoms with E-state index in [1.165, 1.54) is 30.5 Å². The minimum Gasteiger partial charge on any atom is -0.508 e. The third kappa shape index (κ3) is 5.48. The van der Waals surface area contributed by atoms with E-state index in [9.17, 15) is 22.7 Å². The molecule has 0 radical (unpaired) electrons. The third-order valence-electron chi connectivity index (χ3n) is 10.5. The Morgan fingerprint density at radius 1 is 1.14 bits per heavy atom. The van der Waals surface area contributed by atoms with Gasteiger partial charge >= 0.3 is 12.6 Å². The van der Waals surface area contributed by atoms with E-state index in [0.717, 1.165) is 19.4 Å². The molecule has 4 aromatic rings. The quantitative estimate of drug-likeness (QED) is 0.190. The van der Waals surface area contributed by atoms with Crippen LogP contribution in [0, 0.1) is 24.0 Å². The number of nitrogens with zero attached hydrogens (tertiary/aromatic N) is 5. The zero-order chi connectivity index (χ0) is 34.1. The lowest BCUT2D eigenvalue weighted by Gasteiger charge is -2.42. The second-order valence-corrected chi connectivity index (χ2v) is 13.6. The summed E-state index contributed by atoms with van der Waals surface area (Å²) in [5.41, 5.74) is -1.75. The molecule has 0 aliphatic carbocycles. The van der Waals surface area contributed by atoms with Crippen LogP contribution in [0.1, 0.15) is 37.7 Å². The molecule has 4 aliphatic heterocycles. The Bertz CT molecular complexity index is 2010. The Morgan fingerprint density at radius 2 is 2.00 bits per heavy atom. The Balaban J connectivity index is 1.26. The molecule has 2 aromatic carbocycles. The number of halogens is 5. The number of hydrogen-bond acceptors (Lipinski definition) is 9. The first-order chi connectivity index (χ1) is 23.6. The molecule has 9 nitrogen and oxygen atoms in total. The molecule has 0 unspecified atom stereocenters. The van der Waals surface area contributed by atoms with Crippen LogP contribution in [0.2, 0.25) is 0 Å². The molecule has 6 heterocycles. The van der Waals surface area contributed by atoms with E-state index in [1.807, 2.05) is 4.90 Å². The highest BCUT2D eigenvalue weighted by Crippen LogP contribution is 2.42. The fourth-order valence-electron chi connectivity index (χ4n) is 8.44. The highest BCUT2D eigenvalue weighted by Gasteiger charge is 2.50. The van der Waals surface area contributed by atoms with Crippen LogP contribution in [-0.4, -0.2) is 94.3 Å². The summed E-state index contributed by atoms with van der Waals surface area (Å²) in [5, 5.41) is 14.8. The highest BCUT2D eigenvalue weighted by atomic mass is 19.3. The zero-order valence-corrected chi connectivity index (χ0v) is 26.4. The average molecular weight is 681 g/mol. The smallest absolute Gasteiger partial charge is 0.345 e. The molecule has 2 bridgehead atoms. The predicted octanol–water partition coefficient (Wildman–Crippen LogP) is 5.32. The summed E-state index contributed by atoms with van der Waals surface area (Å²) in [6.45, 7) is -1.34. The van der Waals surface area contributed by atoms with Crippen molar-refractivity contribution in [2.24, 2.45) is 0 Å². The van der Waals surface area contributed by atoms with E-state index in [2.05, 4.69) is 26.1 Å². The molecule has 8 rings (SSSR count). The van der Waals surface area contributed by atoms with Gasteiger partial charge in [0.1, 0.15) is 41.4 Å². The lowest BCUT2D eigenvalue weighted by Crippen LogP contribution is -2.62. The van der Waals surface area contributed by atoms with Crippen LogP contribution in [0.3, 0.4) is 0 Å². The molecule has 0 amide bonds. The maximum Gasteiger partial charge on any atom is 0.345 e. The lowest BCUT2D eigenvalue weighted by molar-refractivity contribution is -0.143. The molecule has 0 spiro atoms. The van der Waals surface area contributed by atoms with Gasteiger partial charge in [0.2, 0.25) is 0 Å². The van der Waals surface area contributed by atoms with Gasteiger partial charge in [-0.15, -0.1) is 6.42 Å². The number of benzene rings is 2. The number of piperazine rings is 1. The van der Waals surface area contributed by atoms with E-state index in [-0.39, 0.29) is 70.7 Å². The van der Waals surface area contributed by atoms with Crippen molar-refractivity contribution in [1.82, 2.24) is 25.2 Å². The van der Waals surface area contributed by atoms with Crippen molar-refractivity contribution in [2.75, 3.05) is 44.3 Å². The Labute approximate surface area is 278 Å². The van der Waals surface area contributed by atoms with Crippen LogP contribution in [0.4, 0.5) is 27.8 Å². The Morgan fingerprint density at radius 3 is 2.82 bits per heavy atom. The fraction of sp³-hybridized carbons (Fsp3) is 0.457. The van der Waals surface area contributed by atoms with Crippen LogP contribution in [-0.2, 0) is 4.74 Å². The molecule has 14 heteroatoms. The number of ether oxygens (including phenoxy) is 2. The van der Waals surface area contributed by atoms with E-state index >= 15 is 4.39 Å². The summed E-state index contributed by atoms with van der Waals surface area (Å²) in [6.07, 6.45) is 9.32. The molecule has 256 valence electrons. The number of alkyl halides is 3. The topological polar surface area (TPSA) is 95.9 Å². The molecule has 2 N–H and O–H groups in total. The number of fused-ring (bicyclic) bond motifs is 5. The normalized spacial score (nSPS) is 26.6. The second kappa shape index (κ2) is 11.9. The first-order valence-electron chi connectivity index (χ1n) is 16.3. The fourth-order valence-corrected chi connectivity index (χ4v) is 8.44. The van der Waals surface area contributed by atoms with Crippen molar-refractivity contribution in [3.63, 3.8) is 0 Å². The number of rotatable bonds is 8. The monoisotopic (exact) mass is 680 g/mol. The van der Waals surface area contributed by atoms with Gasteiger partial charge in [0, 0.05) is 49.2 Å². The summed E-state index contributed by atoms with van der Waals surface area (Å²) in [5.74, 6) is 0.841. The van der Waals surface area contributed by atoms with E-state index < -0.39 is 35.5 Å². The molecule has 4 fully saturated rings. The van der Waals surface area contributed by atoms with Crippen LogP contribution >= 0.6 is 0 Å². The number of phenolic OH excluding ortho intramolecular Hbond substituents is 1. The van der Waals surface area contributed by atoms with Crippen molar-refractivity contribution in [2.45, 2.75) is 62.0 Å². The zero-order valence-electron chi connectivity index (χ0n) is 26.4. The lowest BCUT2D eigenvalue weighted by atomic mass is 9.95. The molecule has 49 heavy (non-hydrogen) atoms. The summed E-state index contributed by atoms with van der Waals surface area (Å²) in [7, 11) is 0. The average Bonchev–Trinajstić information content (AvgIpc) is 3.71. The number of nitrogens with one attached hydrogen (secondary N) is 1. The summed E-state index contributed by atoms with van der Waals surface area (Å²) >= 11 is 0. The number of hydrogen-bond donors (Lipinski definition) is 2. The van der Waals surface area contributed by atoms with Gasteiger partial charge in [-0.2, -0.15) is 18.7 Å². The van der Waals surface area contributed by atoms with Gasteiger partial charge in [-0.1, -0.05) is 12.0 Å². The van der Waals surface area contributed by atoms with E-state index in [0.29, 0.717) is 43.6 Å². The Kier molecular flexibility index (Phi) is 7.77. The van der Waals surface area contributed by atoms with Gasteiger partial charge in [-0.25, -0.2) is 13.2 Å². The summed E-state index contributed by atoms with van der Waals surface area (Å²) in [6, 6.07) is 5.07. The standard InChI is InChI=1S/C35H33F5N6O3/c1-2-23-26(37)5-4-19-10-22(47)11-24(27(19)23)29-28(38)30-25(13-41-29)31(45-15-21-6-8-34(16-45,44-21)17-48-32(39)40)43-33(42-30)49-18-35-7-3-9-46(35)14-20(36)12-35/h1,4-5,10-11,13,20-21,32,44,47H,3,6-9,12,14-18H2/t20-,21+,34-,35+/m1/s1. The van der Waals surface area contributed by atoms with E-state index in [4.69, 9.17) is 20.9 Å². The first kappa shape index (κ1) is 31.9. The molecule has 4 saturated heterocycles. The minimum absolute atomic E-state index is 0.0632. The molecular weight excluding hydrogens is 647 g/mol. The molecule has 2 aromatic heterocycles. The number of anilines is 1. The molecule has 0 saturated carbocycles. The van der Waals surface area contributed by atoms with Gasteiger partial charge in [-0.05, 0) is 55.8 Å². The Hall–Kier alpha value is -4.32. The third-order valence-corrected chi connectivity index (χ3v) is 10.5. The van der Waals surface area contributed by atoms with Crippen LogP contribution in [0.25, 0.3) is 32.9 Å². The number of phenols is 1. The van der Waals surface area contributed by atoms with Crippen LogP contribution < -0.4 is 15.0 Å². The van der Waals surface area contributed by atoms with Crippen molar-refractivity contribution < 1.29 is 36.5 Å². The van der Waals surface area contributed by atoms with E-state index in [1.54, 1.807) is 0 Å². The molecule has 4 atom stereocenters. The summed E-state index contributed by atoms with van der Waals surface area (Å²) < 4.78 is 83.5. The van der Waals surface area contributed by atoms with Gasteiger partial charge < -0.3 is 24.8 Å². The largest absolute Gasteiger partial charge is 0.508 e. The maximum absolute atomic E-state index is 16.9. The van der Waals surface area contributed by atoms with Crippen molar-refractivity contribution in [1.29, 1.82) is 0 Å². The first-order valence-corrected chi connectivity index (χ1v) is 16.3. The van der Waals surface area contributed by atoms with Crippen molar-refractivity contribution in [3.05, 3.63) is 47.7 Å². The number of terminal acetylenes is 1. The molecular formula is C35H33F5N6O3. The highest BCUT2D eigenvalue weighted by molar-refractivity contribution is 6.03. The van der Waals surface area contributed by atoms with Crippen LogP contribution in [0.15, 0.2) is 30.5 Å². The SMILES string of the molecule is C#Cc1c(F)ccc2cc(O)cc(-c3ncc4c(N5C[C@@H]6CC[C@](COC(F)F)(C5)N6)nc(OC[C@@]56CCCN5C[C@H](F)C6)nc4c3F)c12. The van der Waals surface area contributed by atoms with Gasteiger partial charge in [0.15, 0.2) is 5.82 Å². The maximum atomic E-state index is 16.9. The van der Waals surface area contributed by atoms with Gasteiger partial charge in [0.05, 0.1) is 28.6 Å². The van der Waals surface area contributed by atoms with Crippen molar-refractivity contribution in [3.8, 4) is 35.4 Å².